The van der Waals surface area contributed by atoms with Crippen LogP contribution in [-0.4, -0.2) is 96.0 Å². The van der Waals surface area contributed by atoms with Crippen LogP contribution in [0, 0.1) is 0 Å². The van der Waals surface area contributed by atoms with Crippen molar-refractivity contribution in [2.75, 3.05) is 19.0 Å². The van der Waals surface area contributed by atoms with Gasteiger partial charge in [0.1, 0.15) is 36.8 Å². The maximum atomic E-state index is 12.9. The molecule has 2 unspecified atom stereocenters. The van der Waals surface area contributed by atoms with Gasteiger partial charge in [-0.15, -0.1) is 0 Å². The average Bonchev–Trinajstić information content (AvgIpc) is 3.26. The van der Waals surface area contributed by atoms with Gasteiger partial charge in [-0.05, 0) is 64.2 Å². The van der Waals surface area contributed by atoms with E-state index in [0.717, 1.165) is 57.8 Å². The molecule has 0 amide bonds. The molecule has 6 atom stereocenters. The predicted molar refractivity (Wildman–Crippen MR) is 256 cm³/mol. The summed E-state index contributed by atoms with van der Waals surface area (Å²) in [6, 6.07) is 0. The van der Waals surface area contributed by atoms with Crippen LogP contribution in [0.15, 0.2) is 36.5 Å². The van der Waals surface area contributed by atoms with Gasteiger partial charge in [-0.3, -0.25) is 14.1 Å². The fourth-order valence-corrected chi connectivity index (χ4v) is 8.41. The van der Waals surface area contributed by atoms with E-state index < -0.39 is 71.2 Å². The Balaban J connectivity index is 2.38. The first-order valence-corrected chi connectivity index (χ1v) is 27.2. The Bertz CT molecular complexity index is 1320. The predicted octanol–water partition coefficient (Wildman–Crippen LogP) is 11.3. The Hall–Kier alpha value is -2.13. The highest BCUT2D eigenvalue weighted by Crippen LogP contribution is 2.24. The molecule has 0 radical (unpaired) electrons. The van der Waals surface area contributed by atoms with Gasteiger partial charge in [-0.25, -0.2) is 0 Å². The molecule has 1 saturated heterocycles. The third-order valence-corrected chi connectivity index (χ3v) is 12.5. The van der Waals surface area contributed by atoms with Crippen molar-refractivity contribution in [3.05, 3.63) is 36.5 Å². The molecule has 0 saturated carbocycles. The maximum absolute atomic E-state index is 12.9. The molecule has 0 bridgehead atoms. The van der Waals surface area contributed by atoms with Crippen molar-refractivity contribution in [1.82, 2.24) is 0 Å². The van der Waals surface area contributed by atoms with Gasteiger partial charge in [0.25, 0.3) is 10.1 Å². The van der Waals surface area contributed by atoms with Crippen LogP contribution in [-0.2, 0) is 38.7 Å². The molecule has 0 aromatic rings. The van der Waals surface area contributed by atoms with Gasteiger partial charge in [-0.1, -0.05) is 179 Å². The van der Waals surface area contributed by atoms with Crippen molar-refractivity contribution >= 4 is 22.1 Å². The van der Waals surface area contributed by atoms with Gasteiger partial charge in [-0.2, -0.15) is 8.42 Å². The fraction of sp³-hybridized carbons (Fsp3) is 0.843. The lowest BCUT2D eigenvalue weighted by Gasteiger charge is -2.40. The zero-order valence-electron chi connectivity index (χ0n) is 40.1. The van der Waals surface area contributed by atoms with Crippen LogP contribution in [0.1, 0.15) is 219 Å². The van der Waals surface area contributed by atoms with Crippen molar-refractivity contribution in [2.24, 2.45) is 0 Å². The summed E-state index contributed by atoms with van der Waals surface area (Å²) in [6.07, 6.45) is 39.0. The van der Waals surface area contributed by atoms with Crippen LogP contribution >= 0.6 is 0 Å². The summed E-state index contributed by atoms with van der Waals surface area (Å²) < 4.78 is 54.2. The molecule has 1 aliphatic heterocycles. The first-order chi connectivity index (χ1) is 31.0. The molecular formula is C51H92O12S. The molecule has 12 nitrogen and oxygen atoms in total. The number of allylic oxidation sites excluding steroid dienone is 6. The second kappa shape index (κ2) is 41.1. The van der Waals surface area contributed by atoms with Crippen LogP contribution in [0.2, 0.25) is 0 Å². The van der Waals surface area contributed by atoms with Crippen molar-refractivity contribution in [3.63, 3.8) is 0 Å². The van der Waals surface area contributed by atoms with Gasteiger partial charge in [0.2, 0.25) is 0 Å². The molecule has 1 fully saturated rings. The average molecular weight is 929 g/mol. The van der Waals surface area contributed by atoms with Crippen LogP contribution in [0.25, 0.3) is 0 Å². The lowest BCUT2D eigenvalue weighted by atomic mass is 10.00. The van der Waals surface area contributed by atoms with E-state index in [0.29, 0.717) is 12.8 Å². The minimum atomic E-state index is -4.61. The molecular weight excluding hydrogens is 837 g/mol. The fourth-order valence-electron chi connectivity index (χ4n) is 7.72. The molecule has 0 aromatic heterocycles. The van der Waals surface area contributed by atoms with Crippen LogP contribution < -0.4 is 0 Å². The van der Waals surface area contributed by atoms with E-state index in [1.807, 2.05) is 0 Å². The van der Waals surface area contributed by atoms with Crippen molar-refractivity contribution in [2.45, 2.75) is 256 Å². The first-order valence-electron chi connectivity index (χ1n) is 25.6. The standard InChI is InChI=1S/C51H92O12S/c1-3-5-7-9-11-13-15-17-19-20-21-22-23-24-26-28-30-32-34-36-38-40-47(53)62-44(42-61-51-50(56)49(55)48(54)45(63-51)43-64(57,58)59)41-60-46(52)39-37-35-33-31-29-27-25-18-16-14-12-10-8-6-4-2/h14,16-19,25,44-45,48-51,54-56H,3-13,15,20-24,26-43H2,1-2H3,(H,57,58,59)/b16-14+,19-17+,25-18+/t44-,45-,48-,49?,50?,51+/m1/s1. The normalized spacial score (nSPS) is 19.9. The smallest absolute Gasteiger partial charge is 0.306 e. The quantitative estimate of drug-likeness (QED) is 0.0149. The number of hydrogen-bond donors (Lipinski definition) is 4. The van der Waals surface area contributed by atoms with Crippen LogP contribution in [0.4, 0.5) is 0 Å². The first kappa shape index (κ1) is 59.9. The summed E-state index contributed by atoms with van der Waals surface area (Å²) in [7, 11) is -4.61. The van der Waals surface area contributed by atoms with Gasteiger partial charge < -0.3 is 34.3 Å². The summed E-state index contributed by atoms with van der Waals surface area (Å²) in [6.45, 7) is 3.74. The lowest BCUT2D eigenvalue weighted by Crippen LogP contribution is -2.60. The second-order valence-electron chi connectivity index (χ2n) is 17.9. The highest BCUT2D eigenvalue weighted by molar-refractivity contribution is 7.85. The number of aliphatic hydroxyl groups is 3. The van der Waals surface area contributed by atoms with E-state index in [-0.39, 0.29) is 19.4 Å². The Morgan fingerprint density at radius 1 is 0.531 bits per heavy atom. The molecule has 1 rings (SSSR count). The van der Waals surface area contributed by atoms with E-state index in [1.165, 1.54) is 122 Å². The Morgan fingerprint density at radius 2 is 0.938 bits per heavy atom. The minimum Gasteiger partial charge on any atom is -0.462 e. The number of carbonyl (C=O) groups excluding carboxylic acids is 2. The number of esters is 2. The Morgan fingerprint density at radius 3 is 1.41 bits per heavy atom. The van der Waals surface area contributed by atoms with Gasteiger partial charge in [0.15, 0.2) is 12.4 Å². The Kier molecular flexibility index (Phi) is 38.4. The van der Waals surface area contributed by atoms with E-state index >= 15 is 0 Å². The number of aliphatic hydroxyl groups excluding tert-OH is 3. The lowest BCUT2D eigenvalue weighted by molar-refractivity contribution is -0.297. The minimum absolute atomic E-state index is 0.161. The highest BCUT2D eigenvalue weighted by atomic mass is 32.2. The number of unbranched alkanes of at least 4 members (excludes halogenated alkanes) is 26. The molecule has 64 heavy (non-hydrogen) atoms. The highest BCUT2D eigenvalue weighted by Gasteiger charge is 2.46. The van der Waals surface area contributed by atoms with Gasteiger partial charge in [0.05, 0.1) is 6.61 Å². The summed E-state index contributed by atoms with van der Waals surface area (Å²) in [5.74, 6) is -2.00. The molecule has 0 aliphatic carbocycles. The summed E-state index contributed by atoms with van der Waals surface area (Å²) >= 11 is 0. The van der Waals surface area contributed by atoms with Crippen LogP contribution in [0.5, 0.6) is 0 Å². The van der Waals surface area contributed by atoms with Crippen molar-refractivity contribution in [3.8, 4) is 0 Å². The summed E-state index contributed by atoms with van der Waals surface area (Å²) in [5.41, 5.74) is 0. The number of carbonyl (C=O) groups is 2. The molecule has 0 aromatic carbocycles. The van der Waals surface area contributed by atoms with E-state index in [2.05, 4.69) is 50.3 Å². The molecule has 374 valence electrons. The summed E-state index contributed by atoms with van der Waals surface area (Å²) in [4.78, 5) is 25.5. The monoisotopic (exact) mass is 929 g/mol. The number of hydrogen-bond acceptors (Lipinski definition) is 11. The topological polar surface area (TPSA) is 186 Å². The molecule has 13 heteroatoms. The van der Waals surface area contributed by atoms with Gasteiger partial charge in [0, 0.05) is 12.8 Å². The van der Waals surface area contributed by atoms with Crippen molar-refractivity contribution in [1.29, 1.82) is 0 Å². The Labute approximate surface area is 389 Å². The van der Waals surface area contributed by atoms with Crippen molar-refractivity contribution < 1.29 is 56.8 Å². The van der Waals surface area contributed by atoms with Gasteiger partial charge >= 0.3 is 11.9 Å². The zero-order chi connectivity index (χ0) is 46.9. The molecule has 1 aliphatic rings. The maximum Gasteiger partial charge on any atom is 0.306 e. The molecule has 4 N–H and O–H groups in total. The SMILES string of the molecule is CCCCCC/C=C/C=C/CCCCCCCC(=O)OC[C@H](CO[C@H]1O[C@H](CS(=O)(=O)O)[C@@H](O)C(O)C1O)OC(=O)CCCCCCCCCCCCC/C=C/CCCCCCCC. The zero-order valence-corrected chi connectivity index (χ0v) is 41.0. The third-order valence-electron chi connectivity index (χ3n) is 11.7. The van der Waals surface area contributed by atoms with Crippen LogP contribution in [0.3, 0.4) is 0 Å². The number of rotatable bonds is 43. The third kappa shape index (κ3) is 35.1. The van der Waals surface area contributed by atoms with E-state index in [9.17, 15) is 37.9 Å². The number of ether oxygens (including phenoxy) is 4. The summed E-state index contributed by atoms with van der Waals surface area (Å²) in [5, 5.41) is 31.0. The second-order valence-corrected chi connectivity index (χ2v) is 19.4. The largest absolute Gasteiger partial charge is 0.462 e. The molecule has 0 spiro atoms. The van der Waals surface area contributed by atoms with E-state index in [4.69, 9.17) is 18.9 Å². The van der Waals surface area contributed by atoms with E-state index in [1.54, 1.807) is 0 Å². The molecule has 1 heterocycles.